The Bertz CT molecular complexity index is 1640. The van der Waals surface area contributed by atoms with E-state index in [1.807, 2.05) is 20.0 Å². The summed E-state index contributed by atoms with van der Waals surface area (Å²) in [7, 11) is 0. The van der Waals surface area contributed by atoms with Gasteiger partial charge in [0.25, 0.3) is 0 Å². The van der Waals surface area contributed by atoms with E-state index >= 15 is 0 Å². The van der Waals surface area contributed by atoms with Gasteiger partial charge in [0.15, 0.2) is 0 Å². The van der Waals surface area contributed by atoms with Crippen LogP contribution >= 0.6 is 0 Å². The first-order valence-corrected chi connectivity index (χ1v) is 17.8. The van der Waals surface area contributed by atoms with Crippen molar-refractivity contribution in [2.75, 3.05) is 58.0 Å². The molecule has 0 bridgehead atoms. The molecule has 0 aliphatic rings. The number of rotatable bonds is 27. The van der Waals surface area contributed by atoms with Gasteiger partial charge in [0.2, 0.25) is 0 Å². The van der Waals surface area contributed by atoms with Crippen LogP contribution in [0.2, 0.25) is 0 Å². The van der Waals surface area contributed by atoms with E-state index in [4.69, 9.17) is 24.1 Å². The van der Waals surface area contributed by atoms with Crippen molar-refractivity contribution in [3.05, 3.63) is 82.4 Å². The highest BCUT2D eigenvalue weighted by Gasteiger charge is 2.11. The van der Waals surface area contributed by atoms with Gasteiger partial charge in [-0.2, -0.15) is 5.10 Å². The van der Waals surface area contributed by atoms with E-state index in [1.165, 1.54) is 17.7 Å². The van der Waals surface area contributed by atoms with Crippen molar-refractivity contribution in [2.24, 2.45) is 0 Å². The molecule has 282 valence electrons. The molecule has 52 heavy (non-hydrogen) atoms. The Balaban J connectivity index is 0.945. The molecule has 15 nitrogen and oxygen atoms in total. The van der Waals surface area contributed by atoms with Crippen molar-refractivity contribution in [1.82, 2.24) is 30.5 Å². The van der Waals surface area contributed by atoms with E-state index in [-0.39, 0.29) is 11.1 Å². The Morgan fingerprint density at radius 2 is 1.48 bits per heavy atom. The van der Waals surface area contributed by atoms with E-state index in [9.17, 15) is 14.7 Å². The van der Waals surface area contributed by atoms with E-state index in [1.54, 1.807) is 35.0 Å². The largest absolute Gasteiger partial charge is 0.493 e. The Hall–Kier alpha value is -4.99. The normalized spacial score (nSPS) is 11.1. The molecular weight excluding hydrogens is 670 g/mol. The maximum atomic E-state index is 11.6. The number of unbranched alkanes of at least 4 members (excludes halogenated alkanes) is 3. The minimum Gasteiger partial charge on any atom is -0.493 e. The molecule has 0 unspecified atom stereocenters. The van der Waals surface area contributed by atoms with Crippen LogP contribution in [-0.2, 0) is 29.0 Å². The van der Waals surface area contributed by atoms with Crippen LogP contribution in [0.4, 0.5) is 5.69 Å². The van der Waals surface area contributed by atoms with Crippen LogP contribution in [0.1, 0.15) is 75.5 Å². The Morgan fingerprint density at radius 3 is 2.17 bits per heavy atom. The number of benzene rings is 2. The Labute approximate surface area is 304 Å². The van der Waals surface area contributed by atoms with Gasteiger partial charge in [-0.25, -0.2) is 14.3 Å². The van der Waals surface area contributed by atoms with Gasteiger partial charge < -0.3 is 39.8 Å². The lowest BCUT2D eigenvalue weighted by molar-refractivity contribution is 0.0449. The number of anilines is 1. The lowest BCUT2D eigenvalue weighted by Crippen LogP contribution is -2.22. The molecule has 2 aromatic heterocycles. The summed E-state index contributed by atoms with van der Waals surface area (Å²) in [5, 5.41) is 40.6. The first-order chi connectivity index (χ1) is 25.3. The summed E-state index contributed by atoms with van der Waals surface area (Å²) in [5.74, 6) is -0.975. The van der Waals surface area contributed by atoms with Crippen molar-refractivity contribution in [3.8, 4) is 11.5 Å². The van der Waals surface area contributed by atoms with Gasteiger partial charge in [-0.3, -0.25) is 5.10 Å². The van der Waals surface area contributed by atoms with Crippen LogP contribution in [0, 0.1) is 13.8 Å². The van der Waals surface area contributed by atoms with Crippen molar-refractivity contribution in [2.45, 2.75) is 65.5 Å². The zero-order valence-corrected chi connectivity index (χ0v) is 30.1. The number of nitrogens with zero attached hydrogens (tertiary/aromatic N) is 4. The maximum absolute atomic E-state index is 11.6. The van der Waals surface area contributed by atoms with Crippen LogP contribution in [0.5, 0.6) is 11.5 Å². The fourth-order valence-electron chi connectivity index (χ4n) is 5.34. The molecule has 4 rings (SSSR count). The summed E-state index contributed by atoms with van der Waals surface area (Å²) < 4.78 is 24.8. The number of aromatic nitrogens is 5. The number of ether oxygens (including phenoxy) is 4. The zero-order chi connectivity index (χ0) is 37.0. The number of aryl methyl sites for hydroxylation is 2. The molecule has 15 heteroatoms. The van der Waals surface area contributed by atoms with E-state index in [0.717, 1.165) is 74.4 Å². The second-order valence-corrected chi connectivity index (χ2v) is 12.3. The smallest absolute Gasteiger partial charge is 0.335 e. The summed E-state index contributed by atoms with van der Waals surface area (Å²) in [6.45, 7) is 9.82. The molecule has 0 radical (unpaired) electrons. The first-order valence-electron chi connectivity index (χ1n) is 17.8. The lowest BCUT2D eigenvalue weighted by atomic mass is 10.1. The first kappa shape index (κ1) is 39.8. The molecule has 0 spiro atoms. The van der Waals surface area contributed by atoms with Gasteiger partial charge in [-0.15, -0.1) is 5.10 Å². The number of nitrogens with one attached hydrogen (secondary N) is 3. The number of H-pyrrole nitrogens is 1. The summed E-state index contributed by atoms with van der Waals surface area (Å²) in [5.41, 5.74) is 5.21. The van der Waals surface area contributed by atoms with Gasteiger partial charge in [-0.1, -0.05) is 18.1 Å². The van der Waals surface area contributed by atoms with Crippen LogP contribution in [0.15, 0.2) is 48.7 Å². The molecular formula is C37H51N7O8. The summed E-state index contributed by atoms with van der Waals surface area (Å²) in [4.78, 5) is 22.6. The van der Waals surface area contributed by atoms with E-state index in [0.29, 0.717) is 64.2 Å². The van der Waals surface area contributed by atoms with Gasteiger partial charge in [0, 0.05) is 24.0 Å². The third-order valence-corrected chi connectivity index (χ3v) is 8.22. The predicted octanol–water partition coefficient (Wildman–Crippen LogP) is 4.90. The molecule has 0 amide bonds. The van der Waals surface area contributed by atoms with Crippen LogP contribution in [-0.4, -0.2) is 100 Å². The van der Waals surface area contributed by atoms with Crippen molar-refractivity contribution >= 4 is 17.6 Å². The number of hydrogen-bond donors (Lipinski definition) is 5. The monoisotopic (exact) mass is 721 g/mol. The second kappa shape index (κ2) is 22.1. The number of aromatic amines is 1. The van der Waals surface area contributed by atoms with Gasteiger partial charge >= 0.3 is 11.9 Å². The van der Waals surface area contributed by atoms with Crippen molar-refractivity contribution < 1.29 is 38.7 Å². The highest BCUT2D eigenvalue weighted by Crippen LogP contribution is 2.24. The SMILES string of the molecule is Cc1n[nH]c(C)c1CCCOc1cc(OCCCCCCNCCOCCOCCn2cc(CNc3ccc(C(=O)O)cc3)nn2)cc(C(=O)O)c1. The van der Waals surface area contributed by atoms with Gasteiger partial charge in [0.1, 0.15) is 17.2 Å². The van der Waals surface area contributed by atoms with Crippen molar-refractivity contribution in [1.29, 1.82) is 0 Å². The van der Waals surface area contributed by atoms with Crippen LogP contribution in [0.25, 0.3) is 0 Å². The van der Waals surface area contributed by atoms with Crippen molar-refractivity contribution in [3.63, 3.8) is 0 Å². The number of hydrogen-bond acceptors (Lipinski definition) is 11. The molecule has 4 aromatic rings. The number of carbonyl (C=O) groups is 2. The van der Waals surface area contributed by atoms with Crippen LogP contribution in [0.3, 0.4) is 0 Å². The molecule has 2 heterocycles. The topological polar surface area (TPSA) is 195 Å². The third kappa shape index (κ3) is 14.3. The second-order valence-electron chi connectivity index (χ2n) is 12.3. The minimum absolute atomic E-state index is 0.144. The molecule has 0 aliphatic heterocycles. The highest BCUT2D eigenvalue weighted by atomic mass is 16.5. The number of aromatic carboxylic acids is 2. The Morgan fingerprint density at radius 1 is 0.788 bits per heavy atom. The summed E-state index contributed by atoms with van der Waals surface area (Å²) >= 11 is 0. The number of carboxylic acid groups (broad SMARTS) is 2. The fourth-order valence-corrected chi connectivity index (χ4v) is 5.34. The highest BCUT2D eigenvalue weighted by molar-refractivity contribution is 5.89. The molecule has 0 aliphatic carbocycles. The molecule has 0 saturated heterocycles. The minimum atomic E-state index is -1.02. The summed E-state index contributed by atoms with van der Waals surface area (Å²) in [6, 6.07) is 11.4. The van der Waals surface area contributed by atoms with Gasteiger partial charge in [-0.05, 0) is 88.0 Å². The van der Waals surface area contributed by atoms with E-state index in [2.05, 4.69) is 31.1 Å². The lowest BCUT2D eigenvalue weighted by Gasteiger charge is -2.11. The third-order valence-electron chi connectivity index (χ3n) is 8.22. The molecule has 0 saturated carbocycles. The average Bonchev–Trinajstić information content (AvgIpc) is 3.73. The maximum Gasteiger partial charge on any atom is 0.335 e. The molecule has 5 N–H and O–H groups in total. The molecule has 2 aromatic carbocycles. The van der Waals surface area contributed by atoms with Gasteiger partial charge in [0.05, 0.1) is 75.7 Å². The zero-order valence-electron chi connectivity index (χ0n) is 30.1. The molecule has 0 fully saturated rings. The summed E-state index contributed by atoms with van der Waals surface area (Å²) in [6.07, 6.45) is 7.48. The fraction of sp³-hybridized carbons (Fsp3) is 0.486. The molecule has 0 atom stereocenters. The quantitative estimate of drug-likeness (QED) is 0.0523. The van der Waals surface area contributed by atoms with E-state index < -0.39 is 11.9 Å². The predicted molar refractivity (Wildman–Crippen MR) is 194 cm³/mol. The standard InChI is InChI=1S/C37H51N7O8/c1-27-35(28(2)41-40-27)8-7-17-52-34-23-30(37(47)48)22-33(24-34)51-16-6-4-3-5-13-38-14-18-49-20-21-50-19-15-44-26-32(42-43-44)25-39-31-11-9-29(10-12-31)36(45)46/h9-12,22-24,26,38-39H,3-8,13-21,25H2,1-2H3,(H,40,41)(H,45,46)(H,47,48). The van der Waals surface area contributed by atoms with Crippen LogP contribution < -0.4 is 20.1 Å². The average molecular weight is 722 g/mol. The number of carboxylic acids is 2. The Kier molecular flexibility index (Phi) is 16.9.